The van der Waals surface area contributed by atoms with Crippen LogP contribution in [-0.4, -0.2) is 78.1 Å². The van der Waals surface area contributed by atoms with Crippen molar-refractivity contribution in [3.05, 3.63) is 48.0 Å². The first-order chi connectivity index (χ1) is 15.6. The number of aromatic nitrogens is 2. The monoisotopic (exact) mass is 475 g/mol. The van der Waals surface area contributed by atoms with Gasteiger partial charge in [0.15, 0.2) is 11.6 Å². The van der Waals surface area contributed by atoms with Gasteiger partial charge >= 0.3 is 0 Å². The second kappa shape index (κ2) is 9.08. The van der Waals surface area contributed by atoms with Gasteiger partial charge in [-0.25, -0.2) is 27.5 Å². The molecule has 1 amide bonds. The van der Waals surface area contributed by atoms with Gasteiger partial charge in [0.25, 0.3) is 0 Å². The second-order valence-electron chi connectivity index (χ2n) is 9.06. The Kier molecular flexibility index (Phi) is 6.52. The number of halogens is 1. The lowest BCUT2D eigenvalue weighted by Crippen LogP contribution is -2.57. The smallest absolute Gasteiger partial charge is 0.243 e. The molecule has 4 rings (SSSR count). The molecule has 2 fully saturated rings. The zero-order valence-corrected chi connectivity index (χ0v) is 20.0. The van der Waals surface area contributed by atoms with Crippen molar-refractivity contribution in [3.8, 4) is 11.4 Å². The molecule has 0 spiro atoms. The predicted octanol–water partition coefficient (Wildman–Crippen LogP) is 1.83. The molecule has 0 unspecified atom stereocenters. The summed E-state index contributed by atoms with van der Waals surface area (Å²) >= 11 is 0. The maximum atomic E-state index is 13.8. The molecular formula is C23H30FN5O3S. The van der Waals surface area contributed by atoms with Crippen molar-refractivity contribution >= 4 is 15.9 Å². The summed E-state index contributed by atoms with van der Waals surface area (Å²) in [5.74, 6) is -0.0953. The maximum Gasteiger partial charge on any atom is 0.243 e. The van der Waals surface area contributed by atoms with Gasteiger partial charge in [0.05, 0.1) is 18.6 Å². The molecule has 178 valence electrons. The van der Waals surface area contributed by atoms with Gasteiger partial charge in [0.1, 0.15) is 5.54 Å². The number of carbonyl (C=O) groups excluding carboxylic acids is 1. The highest BCUT2D eigenvalue weighted by molar-refractivity contribution is 7.88. The molecule has 1 N–H and O–H groups in total. The number of carbonyl (C=O) groups is 1. The Morgan fingerprint density at radius 1 is 1.33 bits per heavy atom. The molecule has 0 radical (unpaired) electrons. The lowest BCUT2D eigenvalue weighted by Gasteiger charge is -2.39. The van der Waals surface area contributed by atoms with Crippen LogP contribution in [0.5, 0.6) is 0 Å². The molecule has 33 heavy (non-hydrogen) atoms. The van der Waals surface area contributed by atoms with Crippen LogP contribution in [-0.2, 0) is 21.2 Å². The van der Waals surface area contributed by atoms with E-state index in [4.69, 9.17) is 0 Å². The molecule has 3 atom stereocenters. The Hall–Kier alpha value is -2.43. The Labute approximate surface area is 194 Å². The molecule has 0 bridgehead atoms. The van der Waals surface area contributed by atoms with E-state index >= 15 is 0 Å². The number of benzene rings is 1. The van der Waals surface area contributed by atoms with Crippen molar-refractivity contribution in [2.45, 2.75) is 50.2 Å². The van der Waals surface area contributed by atoms with Gasteiger partial charge in [-0.05, 0) is 50.8 Å². The van der Waals surface area contributed by atoms with E-state index < -0.39 is 21.4 Å². The van der Waals surface area contributed by atoms with Crippen molar-refractivity contribution in [1.29, 1.82) is 0 Å². The number of hydrogen-bond acceptors (Lipinski definition) is 6. The van der Waals surface area contributed by atoms with Crippen molar-refractivity contribution < 1.29 is 17.6 Å². The van der Waals surface area contributed by atoms with Crippen LogP contribution in [0, 0.1) is 5.82 Å². The molecule has 8 nitrogen and oxygen atoms in total. The van der Waals surface area contributed by atoms with E-state index in [1.165, 1.54) is 6.26 Å². The summed E-state index contributed by atoms with van der Waals surface area (Å²) in [6, 6.07) is 7.28. The SMILES string of the molecule is CCN(C)C(=O)[C@]1(Cc2cccc(-c3ncc(F)cn3)c2)C[C@@H](NS(C)(=O)=O)[C@@H]2CCCN21. The predicted molar refractivity (Wildman–Crippen MR) is 123 cm³/mol. The molecule has 1 aromatic heterocycles. The molecular weight excluding hydrogens is 445 g/mol. The lowest BCUT2D eigenvalue weighted by molar-refractivity contribution is -0.141. The minimum absolute atomic E-state index is 0.00173. The van der Waals surface area contributed by atoms with Gasteiger partial charge in [-0.1, -0.05) is 18.2 Å². The van der Waals surface area contributed by atoms with Crippen LogP contribution >= 0.6 is 0 Å². The fraction of sp³-hybridized carbons (Fsp3) is 0.522. The Morgan fingerprint density at radius 3 is 2.73 bits per heavy atom. The van der Waals surface area contributed by atoms with Crippen LogP contribution in [0.3, 0.4) is 0 Å². The quantitative estimate of drug-likeness (QED) is 0.657. The van der Waals surface area contributed by atoms with Crippen molar-refractivity contribution in [3.63, 3.8) is 0 Å². The van der Waals surface area contributed by atoms with E-state index in [1.54, 1.807) is 11.9 Å². The summed E-state index contributed by atoms with van der Waals surface area (Å²) in [5, 5.41) is 0. The first-order valence-electron chi connectivity index (χ1n) is 11.2. The van der Waals surface area contributed by atoms with Crippen LogP contribution in [0.2, 0.25) is 0 Å². The fourth-order valence-electron chi connectivity index (χ4n) is 5.33. The van der Waals surface area contributed by atoms with Gasteiger partial charge in [-0.15, -0.1) is 0 Å². The Balaban J connectivity index is 1.72. The van der Waals surface area contributed by atoms with Crippen LogP contribution in [0.1, 0.15) is 31.7 Å². The summed E-state index contributed by atoms with van der Waals surface area (Å²) < 4.78 is 40.2. The number of hydrogen-bond donors (Lipinski definition) is 1. The topological polar surface area (TPSA) is 95.5 Å². The van der Waals surface area contributed by atoms with Crippen molar-refractivity contribution in [1.82, 2.24) is 24.5 Å². The third-order valence-corrected chi connectivity index (χ3v) is 7.49. The average Bonchev–Trinajstić information content (AvgIpc) is 3.36. The fourth-order valence-corrected chi connectivity index (χ4v) is 6.12. The molecule has 0 saturated carbocycles. The van der Waals surface area contributed by atoms with Gasteiger partial charge in [0.2, 0.25) is 15.9 Å². The number of fused-ring (bicyclic) bond motifs is 1. The lowest BCUT2D eigenvalue weighted by atomic mass is 9.84. The highest BCUT2D eigenvalue weighted by Gasteiger charge is 2.58. The minimum atomic E-state index is -3.42. The van der Waals surface area contributed by atoms with Gasteiger partial charge in [0, 0.05) is 31.2 Å². The molecule has 2 aliphatic rings. The van der Waals surface area contributed by atoms with Crippen LogP contribution in [0.4, 0.5) is 4.39 Å². The zero-order valence-electron chi connectivity index (χ0n) is 19.2. The van der Waals surface area contributed by atoms with E-state index in [-0.39, 0.29) is 18.0 Å². The first kappa shape index (κ1) is 23.7. The molecule has 2 aliphatic heterocycles. The zero-order chi connectivity index (χ0) is 23.8. The Morgan fingerprint density at radius 2 is 2.06 bits per heavy atom. The molecule has 2 aromatic rings. The molecule has 2 saturated heterocycles. The van der Waals surface area contributed by atoms with E-state index in [2.05, 4.69) is 19.6 Å². The summed E-state index contributed by atoms with van der Waals surface area (Å²) in [4.78, 5) is 25.9. The summed E-state index contributed by atoms with van der Waals surface area (Å²) in [6.45, 7) is 3.24. The summed E-state index contributed by atoms with van der Waals surface area (Å²) in [7, 11) is -1.63. The maximum absolute atomic E-state index is 13.8. The molecule has 3 heterocycles. The largest absolute Gasteiger partial charge is 0.344 e. The first-order valence-corrected chi connectivity index (χ1v) is 13.1. The number of sulfonamides is 1. The molecule has 1 aromatic carbocycles. The molecule has 0 aliphatic carbocycles. The third kappa shape index (κ3) is 4.78. The third-order valence-electron chi connectivity index (χ3n) is 6.76. The normalized spacial score (nSPS) is 25.2. The van der Waals surface area contributed by atoms with Crippen LogP contribution < -0.4 is 4.72 Å². The van der Waals surface area contributed by atoms with Gasteiger partial charge in [-0.3, -0.25) is 9.69 Å². The van der Waals surface area contributed by atoms with Gasteiger partial charge < -0.3 is 4.90 Å². The number of nitrogens with zero attached hydrogens (tertiary/aromatic N) is 4. The number of rotatable bonds is 7. The number of nitrogens with one attached hydrogen (secondary N) is 1. The average molecular weight is 476 g/mol. The van der Waals surface area contributed by atoms with Crippen LogP contribution in [0.15, 0.2) is 36.7 Å². The number of amides is 1. The number of likely N-dealkylation sites (N-methyl/N-ethyl adjacent to an activating group) is 1. The summed E-state index contributed by atoms with van der Waals surface area (Å²) in [5.41, 5.74) is 0.806. The van der Waals surface area contributed by atoms with E-state index in [9.17, 15) is 17.6 Å². The van der Waals surface area contributed by atoms with E-state index in [0.29, 0.717) is 25.2 Å². The van der Waals surface area contributed by atoms with Gasteiger partial charge in [-0.2, -0.15) is 0 Å². The van der Waals surface area contributed by atoms with Crippen LogP contribution in [0.25, 0.3) is 11.4 Å². The summed E-state index contributed by atoms with van der Waals surface area (Å²) in [6.07, 6.45) is 6.03. The standard InChI is InChI=1S/C23H30FN5O3S/c1-4-28(2)22(30)23(13-19(27-33(3,31)32)20-9-6-10-29(20)23)12-16-7-5-8-17(11-16)21-25-14-18(24)15-26-21/h5,7-8,11,14-15,19-20,27H,4,6,9-10,12-13H2,1-3H3/t19-,20+,23+/m1/s1. The highest BCUT2D eigenvalue weighted by Crippen LogP contribution is 2.43. The Bertz CT molecular complexity index is 1130. The van der Waals surface area contributed by atoms with E-state index in [1.807, 2.05) is 31.2 Å². The minimum Gasteiger partial charge on any atom is -0.344 e. The highest BCUT2D eigenvalue weighted by atomic mass is 32.2. The van der Waals surface area contributed by atoms with Crippen molar-refractivity contribution in [2.24, 2.45) is 0 Å². The molecule has 10 heteroatoms. The second-order valence-corrected chi connectivity index (χ2v) is 10.8. The van der Waals surface area contributed by atoms with Crippen molar-refractivity contribution in [2.75, 3.05) is 26.4 Å². The van der Waals surface area contributed by atoms with E-state index in [0.717, 1.165) is 42.9 Å².